The third-order valence-corrected chi connectivity index (χ3v) is 3.22. The molecule has 2 bridgehead atoms. The van der Waals surface area contributed by atoms with Crippen LogP contribution in [0.2, 0.25) is 0 Å². The summed E-state index contributed by atoms with van der Waals surface area (Å²) >= 11 is 0. The Kier molecular flexibility index (Phi) is 1.76. The van der Waals surface area contributed by atoms with Crippen LogP contribution in [-0.4, -0.2) is 24.5 Å². The quantitative estimate of drug-likeness (QED) is 0.517. The molecule has 1 fully saturated rings. The standard InChI is InChI=1S/C10H17N/c1-3-9-6-8-4-5-10(9)11(2)7-8/h4-5,8-10H,3,6-7H2,1-2H3. The topological polar surface area (TPSA) is 3.24 Å². The summed E-state index contributed by atoms with van der Waals surface area (Å²) in [6, 6.07) is 0.755. The Morgan fingerprint density at radius 3 is 2.73 bits per heavy atom. The summed E-state index contributed by atoms with van der Waals surface area (Å²) in [4.78, 5) is 2.50. The van der Waals surface area contributed by atoms with Crippen molar-refractivity contribution >= 4 is 0 Å². The summed E-state index contributed by atoms with van der Waals surface area (Å²) in [7, 11) is 2.25. The van der Waals surface area contributed by atoms with E-state index in [0.717, 1.165) is 17.9 Å². The Morgan fingerprint density at radius 1 is 1.45 bits per heavy atom. The first-order valence-corrected chi connectivity index (χ1v) is 4.70. The van der Waals surface area contributed by atoms with Gasteiger partial charge >= 0.3 is 0 Å². The van der Waals surface area contributed by atoms with Crippen LogP contribution >= 0.6 is 0 Å². The van der Waals surface area contributed by atoms with Gasteiger partial charge in [0, 0.05) is 12.6 Å². The molecule has 3 unspecified atom stereocenters. The van der Waals surface area contributed by atoms with E-state index < -0.39 is 0 Å². The van der Waals surface area contributed by atoms with E-state index in [1.807, 2.05) is 0 Å². The Balaban J connectivity index is 2.16. The van der Waals surface area contributed by atoms with Gasteiger partial charge in [0.25, 0.3) is 0 Å². The second-order valence-corrected chi connectivity index (χ2v) is 3.98. The van der Waals surface area contributed by atoms with Crippen LogP contribution in [0.25, 0.3) is 0 Å². The number of rotatable bonds is 1. The van der Waals surface area contributed by atoms with Gasteiger partial charge in [0.1, 0.15) is 0 Å². The van der Waals surface area contributed by atoms with Crippen molar-refractivity contribution in [1.29, 1.82) is 0 Å². The second kappa shape index (κ2) is 2.63. The van der Waals surface area contributed by atoms with E-state index in [0.29, 0.717) is 0 Å². The molecule has 1 saturated heterocycles. The predicted octanol–water partition coefficient (Wildman–Crippen LogP) is 1.90. The van der Waals surface area contributed by atoms with Crippen molar-refractivity contribution in [3.8, 4) is 0 Å². The fourth-order valence-electron chi connectivity index (χ4n) is 2.58. The molecule has 0 spiro atoms. The fourth-order valence-corrected chi connectivity index (χ4v) is 2.58. The number of piperidine rings is 1. The molecule has 11 heavy (non-hydrogen) atoms. The Hall–Kier alpha value is -0.300. The van der Waals surface area contributed by atoms with Crippen LogP contribution in [-0.2, 0) is 0 Å². The van der Waals surface area contributed by atoms with Gasteiger partial charge in [-0.05, 0) is 25.3 Å². The number of hydrogen-bond donors (Lipinski definition) is 0. The molecule has 2 heterocycles. The monoisotopic (exact) mass is 151 g/mol. The zero-order valence-electron chi connectivity index (χ0n) is 7.46. The van der Waals surface area contributed by atoms with Crippen molar-refractivity contribution in [2.75, 3.05) is 13.6 Å². The maximum Gasteiger partial charge on any atom is 0.0303 e. The molecule has 1 nitrogen and oxygen atoms in total. The van der Waals surface area contributed by atoms with Crippen molar-refractivity contribution in [2.45, 2.75) is 25.8 Å². The first-order valence-electron chi connectivity index (χ1n) is 4.70. The Bertz CT molecular complexity index is 174. The van der Waals surface area contributed by atoms with E-state index in [9.17, 15) is 0 Å². The molecule has 0 amide bonds. The lowest BCUT2D eigenvalue weighted by molar-refractivity contribution is 0.107. The van der Waals surface area contributed by atoms with Crippen LogP contribution < -0.4 is 0 Å². The highest BCUT2D eigenvalue weighted by atomic mass is 15.1. The van der Waals surface area contributed by atoms with Crippen LogP contribution in [0.3, 0.4) is 0 Å². The van der Waals surface area contributed by atoms with Gasteiger partial charge in [0.2, 0.25) is 0 Å². The van der Waals surface area contributed by atoms with Crippen molar-refractivity contribution < 1.29 is 0 Å². The van der Waals surface area contributed by atoms with Crippen molar-refractivity contribution in [1.82, 2.24) is 4.90 Å². The Labute approximate surface area is 69.1 Å². The average molecular weight is 151 g/mol. The van der Waals surface area contributed by atoms with E-state index in [1.54, 1.807) is 0 Å². The summed E-state index contributed by atoms with van der Waals surface area (Å²) in [5.74, 6) is 1.79. The minimum absolute atomic E-state index is 0.755. The third kappa shape index (κ3) is 1.12. The molecule has 0 saturated carbocycles. The lowest BCUT2D eigenvalue weighted by atomic mass is 9.77. The van der Waals surface area contributed by atoms with Gasteiger partial charge in [-0.15, -0.1) is 0 Å². The number of hydrogen-bond acceptors (Lipinski definition) is 1. The van der Waals surface area contributed by atoms with Crippen molar-refractivity contribution in [3.63, 3.8) is 0 Å². The molecule has 0 N–H and O–H groups in total. The molecule has 0 aromatic rings. The normalized spacial score (nSPS) is 43.3. The molecule has 0 radical (unpaired) electrons. The minimum atomic E-state index is 0.755. The zero-order valence-corrected chi connectivity index (χ0v) is 7.46. The molecular weight excluding hydrogens is 134 g/mol. The van der Waals surface area contributed by atoms with Gasteiger partial charge in [0.15, 0.2) is 0 Å². The molecule has 0 aromatic carbocycles. The van der Waals surface area contributed by atoms with Gasteiger partial charge < -0.3 is 0 Å². The SMILES string of the molecule is CCC1CC2C=CC1N(C)C2. The van der Waals surface area contributed by atoms with Gasteiger partial charge in [-0.2, -0.15) is 0 Å². The van der Waals surface area contributed by atoms with Crippen LogP contribution in [0, 0.1) is 11.8 Å². The highest BCUT2D eigenvalue weighted by molar-refractivity contribution is 5.10. The van der Waals surface area contributed by atoms with Crippen LogP contribution in [0.1, 0.15) is 19.8 Å². The van der Waals surface area contributed by atoms with E-state index in [2.05, 4.69) is 31.0 Å². The van der Waals surface area contributed by atoms with Gasteiger partial charge in [-0.25, -0.2) is 0 Å². The summed E-state index contributed by atoms with van der Waals surface area (Å²) in [5.41, 5.74) is 0. The smallest absolute Gasteiger partial charge is 0.0303 e. The van der Waals surface area contributed by atoms with Gasteiger partial charge in [0.05, 0.1) is 0 Å². The molecule has 62 valence electrons. The van der Waals surface area contributed by atoms with Crippen molar-refractivity contribution in [2.24, 2.45) is 11.8 Å². The first kappa shape index (κ1) is 7.35. The lowest BCUT2D eigenvalue weighted by Gasteiger charge is -2.44. The number of likely N-dealkylation sites (N-methyl/N-ethyl adjacent to an activating group) is 1. The van der Waals surface area contributed by atoms with Gasteiger partial charge in [-0.3, -0.25) is 4.90 Å². The Morgan fingerprint density at radius 2 is 2.27 bits per heavy atom. The maximum absolute atomic E-state index is 2.50. The molecule has 3 rings (SSSR count). The highest BCUT2D eigenvalue weighted by Crippen LogP contribution is 2.34. The van der Waals surface area contributed by atoms with Gasteiger partial charge in [-0.1, -0.05) is 25.5 Å². The molecule has 2 aliphatic heterocycles. The molecule has 0 aromatic heterocycles. The predicted molar refractivity (Wildman–Crippen MR) is 47.4 cm³/mol. The van der Waals surface area contributed by atoms with Crippen LogP contribution in [0.4, 0.5) is 0 Å². The van der Waals surface area contributed by atoms with Crippen LogP contribution in [0.15, 0.2) is 12.2 Å². The van der Waals surface area contributed by atoms with E-state index in [1.165, 1.54) is 19.4 Å². The number of nitrogens with zero attached hydrogens (tertiary/aromatic N) is 1. The molecule has 3 aliphatic rings. The van der Waals surface area contributed by atoms with E-state index >= 15 is 0 Å². The van der Waals surface area contributed by atoms with Crippen molar-refractivity contribution in [3.05, 3.63) is 12.2 Å². The summed E-state index contributed by atoms with van der Waals surface area (Å²) in [5, 5.41) is 0. The van der Waals surface area contributed by atoms with E-state index in [-0.39, 0.29) is 0 Å². The van der Waals surface area contributed by atoms with E-state index in [4.69, 9.17) is 0 Å². The summed E-state index contributed by atoms with van der Waals surface area (Å²) in [6.07, 6.45) is 7.60. The molecule has 1 heteroatoms. The minimum Gasteiger partial charge on any atom is -0.299 e. The second-order valence-electron chi connectivity index (χ2n) is 3.98. The zero-order chi connectivity index (χ0) is 7.84. The number of fused-ring (bicyclic) bond motifs is 2. The molecule has 1 aliphatic carbocycles. The first-order chi connectivity index (χ1) is 5.31. The highest BCUT2D eigenvalue weighted by Gasteiger charge is 2.33. The summed E-state index contributed by atoms with van der Waals surface area (Å²) < 4.78 is 0. The maximum atomic E-state index is 2.50. The third-order valence-electron chi connectivity index (χ3n) is 3.22. The average Bonchev–Trinajstić information content (AvgIpc) is 2.04. The summed E-state index contributed by atoms with van der Waals surface area (Å²) in [6.45, 7) is 3.60. The molecular formula is C10H17N. The fraction of sp³-hybridized carbons (Fsp3) is 0.800. The largest absolute Gasteiger partial charge is 0.299 e. The van der Waals surface area contributed by atoms with Crippen LogP contribution in [0.5, 0.6) is 0 Å². The molecule has 3 atom stereocenters. The lowest BCUT2D eigenvalue weighted by Crippen LogP contribution is -2.47.